The van der Waals surface area contributed by atoms with Gasteiger partial charge in [0.15, 0.2) is 24.0 Å². The highest BCUT2D eigenvalue weighted by atomic mass is 19.2. The Morgan fingerprint density at radius 1 is 1.15 bits per heavy atom. The molecule has 0 aliphatic rings. The summed E-state index contributed by atoms with van der Waals surface area (Å²) in [5.74, 6) is -2.86. The van der Waals surface area contributed by atoms with Gasteiger partial charge >= 0.3 is 0 Å². The molecule has 0 saturated carbocycles. The van der Waals surface area contributed by atoms with E-state index in [-0.39, 0.29) is 5.75 Å². The van der Waals surface area contributed by atoms with Crippen LogP contribution in [0, 0.1) is 23.0 Å². The number of nitriles is 1. The number of hydrogen-bond acceptors (Lipinski definition) is 3. The second kappa shape index (κ2) is 5.93. The fourth-order valence-electron chi connectivity index (χ4n) is 1.55. The highest BCUT2D eigenvalue weighted by Crippen LogP contribution is 2.19. The van der Waals surface area contributed by atoms with Crippen LogP contribution in [-0.4, -0.2) is 12.4 Å². The van der Waals surface area contributed by atoms with E-state index in [1.165, 1.54) is 36.4 Å². The lowest BCUT2D eigenvalue weighted by Crippen LogP contribution is -2.12. The predicted octanol–water partition coefficient (Wildman–Crippen LogP) is 3.10. The Bertz CT molecular complexity index is 675. The summed E-state index contributed by atoms with van der Waals surface area (Å²) in [6.07, 6.45) is 0. The van der Waals surface area contributed by atoms with E-state index < -0.39 is 24.0 Å². The number of carbonyl (C=O) groups is 1. The summed E-state index contributed by atoms with van der Waals surface area (Å²) in [7, 11) is 0. The average molecular weight is 273 g/mol. The van der Waals surface area contributed by atoms with Crippen LogP contribution in [0.3, 0.4) is 0 Å². The predicted molar refractivity (Wildman–Crippen MR) is 67.3 cm³/mol. The van der Waals surface area contributed by atoms with Crippen molar-refractivity contribution in [2.45, 2.75) is 0 Å². The minimum atomic E-state index is -1.12. The van der Waals surface area contributed by atoms with Crippen molar-refractivity contribution in [2.24, 2.45) is 0 Å². The second-order valence-corrected chi connectivity index (χ2v) is 3.95. The molecular formula is C15H9F2NO2. The molecule has 0 heterocycles. The molecule has 0 fully saturated rings. The van der Waals surface area contributed by atoms with E-state index in [2.05, 4.69) is 0 Å². The Morgan fingerprint density at radius 3 is 2.50 bits per heavy atom. The van der Waals surface area contributed by atoms with Crippen LogP contribution >= 0.6 is 0 Å². The SMILES string of the molecule is N#Cc1ccc(C(=O)COc2cccc(F)c2F)cc1. The summed E-state index contributed by atoms with van der Waals surface area (Å²) in [6, 6.07) is 11.4. The quantitative estimate of drug-likeness (QED) is 0.804. The zero-order valence-corrected chi connectivity index (χ0v) is 10.3. The number of nitrogens with zero attached hydrogens (tertiary/aromatic N) is 1. The van der Waals surface area contributed by atoms with Gasteiger partial charge < -0.3 is 4.74 Å². The van der Waals surface area contributed by atoms with Crippen LogP contribution in [-0.2, 0) is 0 Å². The summed E-state index contributed by atoms with van der Waals surface area (Å²) in [6.45, 7) is -0.410. The molecule has 0 aliphatic carbocycles. The van der Waals surface area contributed by atoms with Crippen molar-refractivity contribution in [2.75, 3.05) is 6.61 Å². The molecule has 0 atom stereocenters. The molecule has 0 radical (unpaired) electrons. The average Bonchev–Trinajstić information content (AvgIpc) is 2.48. The lowest BCUT2D eigenvalue weighted by Gasteiger charge is -2.07. The van der Waals surface area contributed by atoms with Crippen molar-refractivity contribution in [3.05, 3.63) is 65.2 Å². The molecule has 0 aromatic heterocycles. The molecule has 0 N–H and O–H groups in total. The smallest absolute Gasteiger partial charge is 0.200 e. The van der Waals surface area contributed by atoms with E-state index in [1.54, 1.807) is 0 Å². The first-order valence-electron chi connectivity index (χ1n) is 5.72. The third-order valence-electron chi connectivity index (χ3n) is 2.61. The van der Waals surface area contributed by atoms with Crippen LogP contribution in [0.15, 0.2) is 42.5 Å². The van der Waals surface area contributed by atoms with Crippen LogP contribution in [0.4, 0.5) is 8.78 Å². The molecule has 20 heavy (non-hydrogen) atoms. The van der Waals surface area contributed by atoms with Crippen molar-refractivity contribution in [1.82, 2.24) is 0 Å². The van der Waals surface area contributed by atoms with Gasteiger partial charge in [0, 0.05) is 5.56 Å². The number of rotatable bonds is 4. The molecule has 2 rings (SSSR count). The fourth-order valence-corrected chi connectivity index (χ4v) is 1.55. The number of Topliss-reactive ketones (excluding diaryl/α,β-unsaturated/α-hetero) is 1. The molecule has 2 aromatic carbocycles. The molecule has 3 nitrogen and oxygen atoms in total. The third kappa shape index (κ3) is 2.98. The topological polar surface area (TPSA) is 50.1 Å². The zero-order chi connectivity index (χ0) is 14.5. The first kappa shape index (κ1) is 13.7. The summed E-state index contributed by atoms with van der Waals surface area (Å²) in [4.78, 5) is 11.8. The molecule has 0 saturated heterocycles. The van der Waals surface area contributed by atoms with E-state index in [4.69, 9.17) is 10.00 Å². The van der Waals surface area contributed by atoms with Crippen LogP contribution in [0.1, 0.15) is 15.9 Å². The molecule has 0 unspecified atom stereocenters. The van der Waals surface area contributed by atoms with Crippen molar-refractivity contribution in [3.8, 4) is 11.8 Å². The Labute approximate surface area is 114 Å². The van der Waals surface area contributed by atoms with Gasteiger partial charge in [-0.15, -0.1) is 0 Å². The van der Waals surface area contributed by atoms with E-state index in [0.29, 0.717) is 11.1 Å². The van der Waals surface area contributed by atoms with Gasteiger partial charge in [0.1, 0.15) is 0 Å². The van der Waals surface area contributed by atoms with E-state index in [9.17, 15) is 13.6 Å². The summed E-state index contributed by atoms with van der Waals surface area (Å²) < 4.78 is 31.2. The van der Waals surface area contributed by atoms with Crippen molar-refractivity contribution >= 4 is 5.78 Å². The maximum absolute atomic E-state index is 13.3. The molecule has 0 bridgehead atoms. The van der Waals surface area contributed by atoms with Crippen molar-refractivity contribution < 1.29 is 18.3 Å². The number of benzene rings is 2. The van der Waals surface area contributed by atoms with Gasteiger partial charge in [-0.25, -0.2) is 4.39 Å². The number of halogens is 2. The standard InChI is InChI=1S/C15H9F2NO2/c16-12-2-1-3-14(15(12)17)20-9-13(19)11-6-4-10(8-18)5-7-11/h1-7H,9H2. The van der Waals surface area contributed by atoms with E-state index in [0.717, 1.165) is 6.07 Å². The summed E-state index contributed by atoms with van der Waals surface area (Å²) in [5, 5.41) is 8.64. The summed E-state index contributed by atoms with van der Waals surface area (Å²) in [5.41, 5.74) is 0.763. The highest BCUT2D eigenvalue weighted by molar-refractivity contribution is 5.97. The number of hydrogen-bond donors (Lipinski definition) is 0. The van der Waals surface area contributed by atoms with Crippen molar-refractivity contribution in [3.63, 3.8) is 0 Å². The number of ketones is 1. The Kier molecular flexibility index (Phi) is 4.06. The Balaban J connectivity index is 2.05. The lowest BCUT2D eigenvalue weighted by molar-refractivity contribution is 0.0918. The zero-order valence-electron chi connectivity index (χ0n) is 10.3. The molecule has 100 valence electrons. The van der Waals surface area contributed by atoms with Crippen molar-refractivity contribution in [1.29, 1.82) is 5.26 Å². The van der Waals surface area contributed by atoms with Crippen LogP contribution in [0.2, 0.25) is 0 Å². The monoisotopic (exact) mass is 273 g/mol. The number of carbonyl (C=O) groups excluding carboxylic acids is 1. The van der Waals surface area contributed by atoms with E-state index >= 15 is 0 Å². The molecule has 0 aliphatic heterocycles. The van der Waals surface area contributed by atoms with Gasteiger partial charge in [-0.2, -0.15) is 9.65 Å². The lowest BCUT2D eigenvalue weighted by atomic mass is 10.1. The van der Waals surface area contributed by atoms with Gasteiger partial charge in [-0.1, -0.05) is 6.07 Å². The van der Waals surface area contributed by atoms with Gasteiger partial charge in [0.2, 0.25) is 5.82 Å². The first-order valence-corrected chi connectivity index (χ1v) is 5.72. The maximum atomic E-state index is 13.3. The maximum Gasteiger partial charge on any atom is 0.200 e. The van der Waals surface area contributed by atoms with Gasteiger partial charge in [-0.05, 0) is 36.4 Å². The third-order valence-corrected chi connectivity index (χ3v) is 2.61. The molecule has 0 spiro atoms. The van der Waals surface area contributed by atoms with Crippen LogP contribution in [0.25, 0.3) is 0 Å². The fraction of sp³-hybridized carbons (Fsp3) is 0.0667. The minimum Gasteiger partial charge on any atom is -0.482 e. The minimum absolute atomic E-state index is 0.313. The molecule has 5 heteroatoms. The largest absolute Gasteiger partial charge is 0.482 e. The normalized spacial score (nSPS) is 9.85. The molecule has 0 amide bonds. The van der Waals surface area contributed by atoms with Gasteiger partial charge in [-0.3, -0.25) is 4.79 Å². The summed E-state index contributed by atoms with van der Waals surface area (Å²) >= 11 is 0. The van der Waals surface area contributed by atoms with Crippen LogP contribution in [0.5, 0.6) is 5.75 Å². The van der Waals surface area contributed by atoms with Gasteiger partial charge in [0.05, 0.1) is 11.6 Å². The molecule has 2 aromatic rings. The van der Waals surface area contributed by atoms with E-state index in [1.807, 2.05) is 6.07 Å². The Morgan fingerprint density at radius 2 is 1.85 bits per heavy atom. The number of ether oxygens (including phenoxy) is 1. The molecular weight excluding hydrogens is 264 g/mol. The highest BCUT2D eigenvalue weighted by Gasteiger charge is 2.12. The van der Waals surface area contributed by atoms with Gasteiger partial charge in [0.25, 0.3) is 0 Å². The first-order chi connectivity index (χ1) is 9.61. The Hall–Kier alpha value is -2.74. The second-order valence-electron chi connectivity index (χ2n) is 3.95. The van der Waals surface area contributed by atoms with Crippen LogP contribution < -0.4 is 4.74 Å².